The lowest BCUT2D eigenvalue weighted by Gasteiger charge is -2.18. The highest BCUT2D eigenvalue weighted by atomic mass is 15.5. The van der Waals surface area contributed by atoms with E-state index in [0.29, 0.717) is 0 Å². The molecule has 0 spiro atoms. The van der Waals surface area contributed by atoms with Gasteiger partial charge in [-0.1, -0.05) is 6.07 Å². The van der Waals surface area contributed by atoms with Crippen molar-refractivity contribution in [3.8, 4) is 5.69 Å². The number of tetrazole rings is 1. The van der Waals surface area contributed by atoms with Gasteiger partial charge in [-0.05, 0) is 48.4 Å². The van der Waals surface area contributed by atoms with Gasteiger partial charge in [0, 0.05) is 18.8 Å². The molecule has 0 unspecified atom stereocenters. The minimum absolute atomic E-state index is 0.809. The number of benzene rings is 1. The van der Waals surface area contributed by atoms with Crippen LogP contribution in [0.2, 0.25) is 0 Å². The van der Waals surface area contributed by atoms with Gasteiger partial charge in [0.25, 0.3) is 0 Å². The standard InChI is InChI=1S/C12H15N5/c1-10-13-14-15-17(10)12-6-4-5-11(9-12)16-7-2-3-8-16/h4-6,9H,2-3,7-8H2,1H3. The predicted octanol–water partition coefficient (Wildman–Crippen LogP) is 1.57. The second-order valence-electron chi connectivity index (χ2n) is 4.35. The molecule has 2 heterocycles. The molecule has 17 heavy (non-hydrogen) atoms. The van der Waals surface area contributed by atoms with Crippen LogP contribution in [0.25, 0.3) is 5.69 Å². The van der Waals surface area contributed by atoms with Crippen molar-refractivity contribution in [2.75, 3.05) is 18.0 Å². The van der Waals surface area contributed by atoms with Crippen LogP contribution in [0.5, 0.6) is 0 Å². The van der Waals surface area contributed by atoms with Crippen LogP contribution >= 0.6 is 0 Å². The summed E-state index contributed by atoms with van der Waals surface area (Å²) >= 11 is 0. The Labute approximate surface area is 100 Å². The molecular formula is C12H15N5. The molecule has 88 valence electrons. The molecule has 0 N–H and O–H groups in total. The molecule has 0 bridgehead atoms. The van der Waals surface area contributed by atoms with Crippen LogP contribution in [0.1, 0.15) is 18.7 Å². The fourth-order valence-corrected chi connectivity index (χ4v) is 2.27. The van der Waals surface area contributed by atoms with E-state index in [0.717, 1.165) is 24.6 Å². The molecule has 1 aromatic heterocycles. The third-order valence-electron chi connectivity index (χ3n) is 3.17. The quantitative estimate of drug-likeness (QED) is 0.784. The molecule has 1 aliphatic rings. The summed E-state index contributed by atoms with van der Waals surface area (Å²) in [5.74, 6) is 0.809. The average Bonchev–Trinajstić information content (AvgIpc) is 2.99. The Balaban J connectivity index is 1.96. The number of hydrogen-bond donors (Lipinski definition) is 0. The number of hydrogen-bond acceptors (Lipinski definition) is 4. The lowest BCUT2D eigenvalue weighted by atomic mass is 10.2. The fraction of sp³-hybridized carbons (Fsp3) is 0.417. The van der Waals surface area contributed by atoms with Crippen molar-refractivity contribution < 1.29 is 0 Å². The van der Waals surface area contributed by atoms with Crippen LogP contribution < -0.4 is 4.90 Å². The summed E-state index contributed by atoms with van der Waals surface area (Å²) in [7, 11) is 0. The summed E-state index contributed by atoms with van der Waals surface area (Å²) in [5.41, 5.74) is 2.28. The van der Waals surface area contributed by atoms with Gasteiger partial charge in [-0.25, -0.2) is 0 Å². The zero-order valence-corrected chi connectivity index (χ0v) is 9.87. The summed E-state index contributed by atoms with van der Waals surface area (Å²) in [6.07, 6.45) is 2.57. The second kappa shape index (κ2) is 4.16. The first-order valence-electron chi connectivity index (χ1n) is 5.95. The first-order valence-corrected chi connectivity index (χ1v) is 5.95. The van der Waals surface area contributed by atoms with Crippen LogP contribution in [0.3, 0.4) is 0 Å². The van der Waals surface area contributed by atoms with Gasteiger partial charge in [0.2, 0.25) is 0 Å². The van der Waals surface area contributed by atoms with E-state index in [1.807, 2.05) is 13.0 Å². The van der Waals surface area contributed by atoms with Crippen LogP contribution in [0.4, 0.5) is 5.69 Å². The molecule has 1 fully saturated rings. The highest BCUT2D eigenvalue weighted by molar-refractivity contribution is 5.53. The van der Waals surface area contributed by atoms with Gasteiger partial charge < -0.3 is 4.90 Å². The third-order valence-corrected chi connectivity index (χ3v) is 3.17. The Morgan fingerprint density at radius 1 is 1.12 bits per heavy atom. The zero-order valence-electron chi connectivity index (χ0n) is 9.87. The Morgan fingerprint density at radius 3 is 2.59 bits per heavy atom. The molecule has 0 amide bonds. The van der Waals surface area contributed by atoms with Crippen molar-refractivity contribution in [1.82, 2.24) is 20.2 Å². The van der Waals surface area contributed by atoms with Crippen molar-refractivity contribution in [2.24, 2.45) is 0 Å². The minimum atomic E-state index is 0.809. The van der Waals surface area contributed by atoms with E-state index in [4.69, 9.17) is 0 Å². The summed E-state index contributed by atoms with van der Waals surface area (Å²) in [6, 6.07) is 8.39. The number of nitrogens with zero attached hydrogens (tertiary/aromatic N) is 5. The average molecular weight is 229 g/mol. The summed E-state index contributed by atoms with van der Waals surface area (Å²) in [5, 5.41) is 11.6. The molecule has 2 aromatic rings. The molecule has 3 rings (SSSR count). The summed E-state index contributed by atoms with van der Waals surface area (Å²) < 4.78 is 1.76. The van der Waals surface area contributed by atoms with E-state index in [9.17, 15) is 0 Å². The van der Waals surface area contributed by atoms with Gasteiger partial charge in [-0.15, -0.1) is 5.10 Å². The first kappa shape index (κ1) is 10.3. The van der Waals surface area contributed by atoms with Crippen molar-refractivity contribution in [3.63, 3.8) is 0 Å². The molecule has 0 saturated carbocycles. The van der Waals surface area contributed by atoms with Gasteiger partial charge in [0.05, 0.1) is 5.69 Å². The number of aryl methyl sites for hydroxylation is 1. The van der Waals surface area contributed by atoms with Gasteiger partial charge >= 0.3 is 0 Å². The largest absolute Gasteiger partial charge is 0.371 e. The van der Waals surface area contributed by atoms with E-state index in [1.54, 1.807) is 4.68 Å². The minimum Gasteiger partial charge on any atom is -0.371 e. The van der Waals surface area contributed by atoms with Crippen LogP contribution in [-0.4, -0.2) is 33.3 Å². The van der Waals surface area contributed by atoms with Gasteiger partial charge in [-0.3, -0.25) is 0 Å². The van der Waals surface area contributed by atoms with Gasteiger partial charge in [0.15, 0.2) is 5.82 Å². The van der Waals surface area contributed by atoms with E-state index >= 15 is 0 Å². The summed E-state index contributed by atoms with van der Waals surface area (Å²) in [4.78, 5) is 2.41. The van der Waals surface area contributed by atoms with Crippen LogP contribution in [-0.2, 0) is 0 Å². The van der Waals surface area contributed by atoms with Crippen LogP contribution in [0, 0.1) is 6.92 Å². The molecule has 5 nitrogen and oxygen atoms in total. The molecular weight excluding hydrogens is 214 g/mol. The van der Waals surface area contributed by atoms with Crippen molar-refractivity contribution in [3.05, 3.63) is 30.1 Å². The Bertz CT molecular complexity index is 513. The molecule has 0 atom stereocenters. The van der Waals surface area contributed by atoms with E-state index in [-0.39, 0.29) is 0 Å². The highest BCUT2D eigenvalue weighted by Gasteiger charge is 2.13. The Hall–Kier alpha value is -1.91. The smallest absolute Gasteiger partial charge is 0.153 e. The SMILES string of the molecule is Cc1nnnn1-c1cccc(N2CCCC2)c1. The monoisotopic (exact) mass is 229 g/mol. The lowest BCUT2D eigenvalue weighted by Crippen LogP contribution is -2.17. The molecule has 0 radical (unpaired) electrons. The Morgan fingerprint density at radius 2 is 1.88 bits per heavy atom. The number of anilines is 1. The Kier molecular flexibility index (Phi) is 2.51. The van der Waals surface area contributed by atoms with Gasteiger partial charge in [0.1, 0.15) is 0 Å². The summed E-state index contributed by atoms with van der Waals surface area (Å²) in [6.45, 7) is 4.21. The first-order chi connectivity index (χ1) is 8.34. The lowest BCUT2D eigenvalue weighted by molar-refractivity contribution is 0.778. The van der Waals surface area contributed by atoms with E-state index in [1.165, 1.54) is 18.5 Å². The van der Waals surface area contributed by atoms with Gasteiger partial charge in [-0.2, -0.15) is 4.68 Å². The molecule has 5 heteroatoms. The molecule has 1 aromatic carbocycles. The van der Waals surface area contributed by atoms with Crippen LogP contribution in [0.15, 0.2) is 24.3 Å². The second-order valence-corrected chi connectivity index (χ2v) is 4.35. The number of rotatable bonds is 2. The van der Waals surface area contributed by atoms with Crippen molar-refractivity contribution >= 4 is 5.69 Å². The third kappa shape index (κ3) is 1.88. The maximum atomic E-state index is 3.99. The molecule has 1 aliphatic heterocycles. The molecule has 1 saturated heterocycles. The van der Waals surface area contributed by atoms with Crippen molar-refractivity contribution in [1.29, 1.82) is 0 Å². The van der Waals surface area contributed by atoms with E-state index in [2.05, 4.69) is 38.6 Å². The molecule has 0 aliphatic carbocycles. The maximum absolute atomic E-state index is 3.99. The highest BCUT2D eigenvalue weighted by Crippen LogP contribution is 2.22. The predicted molar refractivity (Wildman–Crippen MR) is 65.3 cm³/mol. The fourth-order valence-electron chi connectivity index (χ4n) is 2.27. The normalized spacial score (nSPS) is 15.5. The maximum Gasteiger partial charge on any atom is 0.153 e. The van der Waals surface area contributed by atoms with E-state index < -0.39 is 0 Å². The zero-order chi connectivity index (χ0) is 11.7. The number of aromatic nitrogens is 4. The topological polar surface area (TPSA) is 46.8 Å². The van der Waals surface area contributed by atoms with Crippen molar-refractivity contribution in [2.45, 2.75) is 19.8 Å².